The zero-order valence-corrected chi connectivity index (χ0v) is 14.2. The smallest absolute Gasteiger partial charge is 0.265 e. The Labute approximate surface area is 144 Å². The average molecular weight is 418 g/mol. The molecule has 7 nitrogen and oxygen atoms in total. The summed E-state index contributed by atoms with van der Waals surface area (Å²) in [5, 5.41) is 13.4. The number of anilines is 1. The van der Waals surface area contributed by atoms with Gasteiger partial charge in [-0.25, -0.2) is 5.43 Å². The predicted molar refractivity (Wildman–Crippen MR) is 96.5 cm³/mol. The van der Waals surface area contributed by atoms with Crippen molar-refractivity contribution in [2.45, 2.75) is 0 Å². The summed E-state index contributed by atoms with van der Waals surface area (Å²) >= 11 is 2.10. The number of rotatable bonds is 3. The molecule has 114 valence electrons. The quantitative estimate of drug-likeness (QED) is 0.314. The molecule has 4 rings (SSSR count). The Bertz CT molecular complexity index is 1030. The Balaban J connectivity index is 1.67. The minimum atomic E-state index is 0.334. The molecular weight excluding hydrogens is 407 g/mol. The van der Waals surface area contributed by atoms with Gasteiger partial charge in [0.25, 0.3) is 5.95 Å². The minimum Gasteiger partial charge on any atom is -0.449 e. The van der Waals surface area contributed by atoms with Crippen LogP contribution in [-0.2, 0) is 7.05 Å². The van der Waals surface area contributed by atoms with Crippen LogP contribution >= 0.6 is 22.6 Å². The van der Waals surface area contributed by atoms with Gasteiger partial charge in [-0.1, -0.05) is 18.2 Å². The van der Waals surface area contributed by atoms with Crippen LogP contribution in [0.25, 0.3) is 22.1 Å². The summed E-state index contributed by atoms with van der Waals surface area (Å²) in [4.78, 5) is 4.48. The maximum absolute atomic E-state index is 5.39. The maximum atomic E-state index is 5.39. The Morgan fingerprint density at radius 3 is 2.91 bits per heavy atom. The third-order valence-corrected chi connectivity index (χ3v) is 4.04. The van der Waals surface area contributed by atoms with E-state index in [1.807, 2.05) is 48.0 Å². The second kappa shape index (κ2) is 5.61. The Morgan fingerprint density at radius 2 is 2.09 bits per heavy atom. The molecule has 0 saturated carbocycles. The van der Waals surface area contributed by atoms with Crippen LogP contribution < -0.4 is 5.43 Å². The average Bonchev–Trinajstić information content (AvgIpc) is 3.10. The molecule has 0 spiro atoms. The molecule has 4 aromatic rings. The monoisotopic (exact) mass is 418 g/mol. The predicted octanol–water partition coefficient (Wildman–Crippen LogP) is 3.16. The van der Waals surface area contributed by atoms with Gasteiger partial charge in [-0.15, -0.1) is 10.2 Å². The summed E-state index contributed by atoms with van der Waals surface area (Å²) in [5.41, 5.74) is 5.37. The lowest BCUT2D eigenvalue weighted by molar-refractivity contribution is 0.531. The first-order valence-corrected chi connectivity index (χ1v) is 7.92. The molecule has 0 aliphatic heterocycles. The maximum Gasteiger partial charge on any atom is 0.265 e. The number of furan rings is 1. The van der Waals surface area contributed by atoms with Crippen molar-refractivity contribution in [3.05, 3.63) is 45.9 Å². The number of aryl methyl sites for hydroxylation is 1. The number of hydrogen-bond donors (Lipinski definition) is 1. The van der Waals surface area contributed by atoms with E-state index in [0.29, 0.717) is 11.7 Å². The third kappa shape index (κ3) is 2.54. The van der Waals surface area contributed by atoms with Gasteiger partial charge in [0.2, 0.25) is 0 Å². The normalized spacial score (nSPS) is 11.7. The van der Waals surface area contributed by atoms with E-state index in [0.717, 1.165) is 25.8 Å². The fraction of sp³-hybridized carbons (Fsp3) is 0.0667. The van der Waals surface area contributed by atoms with Gasteiger partial charge in [0.15, 0.2) is 9.41 Å². The van der Waals surface area contributed by atoms with Gasteiger partial charge < -0.3 is 8.98 Å². The van der Waals surface area contributed by atoms with Crippen molar-refractivity contribution in [1.29, 1.82) is 0 Å². The highest BCUT2D eigenvalue weighted by Crippen LogP contribution is 2.24. The minimum absolute atomic E-state index is 0.334. The number of para-hydroxylation sites is 1. The number of aromatic nitrogens is 4. The molecule has 3 aromatic heterocycles. The molecule has 23 heavy (non-hydrogen) atoms. The molecule has 1 aromatic carbocycles. The lowest BCUT2D eigenvalue weighted by Crippen LogP contribution is -2.00. The van der Waals surface area contributed by atoms with Crippen molar-refractivity contribution in [2.24, 2.45) is 12.1 Å². The van der Waals surface area contributed by atoms with Gasteiger partial charge in [0.05, 0.1) is 11.7 Å². The molecule has 0 aliphatic rings. The van der Waals surface area contributed by atoms with Crippen LogP contribution in [0.4, 0.5) is 5.95 Å². The first kappa shape index (κ1) is 14.1. The molecule has 0 atom stereocenters. The molecule has 0 amide bonds. The van der Waals surface area contributed by atoms with Crippen LogP contribution in [0, 0.1) is 3.77 Å². The largest absolute Gasteiger partial charge is 0.449 e. The Hall–Kier alpha value is -2.49. The summed E-state index contributed by atoms with van der Waals surface area (Å²) in [5.74, 6) is 0.987. The van der Waals surface area contributed by atoms with Gasteiger partial charge in [0.1, 0.15) is 11.3 Å². The molecule has 0 radical (unpaired) electrons. The fourth-order valence-corrected chi connectivity index (χ4v) is 2.84. The van der Waals surface area contributed by atoms with Crippen LogP contribution in [0.1, 0.15) is 5.76 Å². The van der Waals surface area contributed by atoms with Crippen molar-refractivity contribution in [2.75, 3.05) is 5.43 Å². The molecule has 8 heteroatoms. The van der Waals surface area contributed by atoms with E-state index >= 15 is 0 Å². The van der Waals surface area contributed by atoms with Gasteiger partial charge in [-0.2, -0.15) is 10.1 Å². The summed E-state index contributed by atoms with van der Waals surface area (Å²) in [6, 6.07) is 11.7. The lowest BCUT2D eigenvalue weighted by Gasteiger charge is -1.99. The number of nitrogens with one attached hydrogen (secondary N) is 1. The van der Waals surface area contributed by atoms with Crippen LogP contribution in [0.3, 0.4) is 0 Å². The first-order chi connectivity index (χ1) is 11.2. The second-order valence-electron chi connectivity index (χ2n) is 4.90. The van der Waals surface area contributed by atoms with Gasteiger partial charge in [0, 0.05) is 12.4 Å². The molecule has 0 bridgehead atoms. The van der Waals surface area contributed by atoms with Gasteiger partial charge >= 0.3 is 0 Å². The highest BCUT2D eigenvalue weighted by atomic mass is 127. The lowest BCUT2D eigenvalue weighted by atomic mass is 10.2. The standard InChI is InChI=1S/C15H11IN6O/c1-22-11-5-3-2-4-10(11)13-14(22)18-15(21-19-13)20-17-8-9-6-7-12(16)23-9/h2-8H,1H3,(H,18,20,21). The Morgan fingerprint density at radius 1 is 1.22 bits per heavy atom. The van der Waals surface area contributed by atoms with E-state index in [4.69, 9.17) is 4.42 Å². The summed E-state index contributed by atoms with van der Waals surface area (Å²) in [6.45, 7) is 0. The number of fused-ring (bicyclic) bond motifs is 3. The zero-order chi connectivity index (χ0) is 15.8. The van der Waals surface area contributed by atoms with Crippen LogP contribution in [0.2, 0.25) is 0 Å². The highest BCUT2D eigenvalue weighted by molar-refractivity contribution is 14.1. The summed E-state index contributed by atoms with van der Waals surface area (Å²) < 4.78 is 8.18. The van der Waals surface area contributed by atoms with Crippen LogP contribution in [0.15, 0.2) is 45.9 Å². The molecule has 0 unspecified atom stereocenters. The van der Waals surface area contributed by atoms with E-state index in [-0.39, 0.29) is 0 Å². The number of halogens is 1. The van der Waals surface area contributed by atoms with Gasteiger partial charge in [-0.3, -0.25) is 0 Å². The van der Waals surface area contributed by atoms with E-state index in [9.17, 15) is 0 Å². The number of hydrogen-bond acceptors (Lipinski definition) is 6. The van der Waals surface area contributed by atoms with Crippen molar-refractivity contribution in [3.63, 3.8) is 0 Å². The Kier molecular flexibility index (Phi) is 3.45. The van der Waals surface area contributed by atoms with E-state index < -0.39 is 0 Å². The molecule has 0 fully saturated rings. The molecule has 3 heterocycles. The molecule has 0 aliphatic carbocycles. The second-order valence-corrected chi connectivity index (χ2v) is 5.96. The molecular formula is C15H11IN6O. The third-order valence-electron chi connectivity index (χ3n) is 3.46. The number of hydrazone groups is 1. The van der Waals surface area contributed by atoms with Gasteiger partial charge in [-0.05, 0) is 40.8 Å². The van der Waals surface area contributed by atoms with Crippen molar-refractivity contribution >= 4 is 56.8 Å². The SMILES string of the molecule is Cn1c2ccccc2c2nnc(NN=Cc3ccc(I)o3)nc21. The zero-order valence-electron chi connectivity index (χ0n) is 12.1. The van der Waals surface area contributed by atoms with E-state index in [2.05, 4.69) is 48.3 Å². The summed E-state index contributed by atoms with van der Waals surface area (Å²) in [7, 11) is 1.96. The van der Waals surface area contributed by atoms with Crippen molar-refractivity contribution in [1.82, 2.24) is 19.7 Å². The summed E-state index contributed by atoms with van der Waals surface area (Å²) in [6.07, 6.45) is 1.57. The van der Waals surface area contributed by atoms with E-state index in [1.54, 1.807) is 6.21 Å². The van der Waals surface area contributed by atoms with Crippen molar-refractivity contribution in [3.8, 4) is 0 Å². The van der Waals surface area contributed by atoms with Crippen LogP contribution in [0.5, 0.6) is 0 Å². The topological polar surface area (TPSA) is 81.1 Å². The highest BCUT2D eigenvalue weighted by Gasteiger charge is 2.11. The van der Waals surface area contributed by atoms with Crippen molar-refractivity contribution < 1.29 is 4.42 Å². The number of benzene rings is 1. The van der Waals surface area contributed by atoms with E-state index in [1.165, 1.54) is 0 Å². The molecule has 0 saturated heterocycles. The fourth-order valence-electron chi connectivity index (χ4n) is 2.40. The van der Waals surface area contributed by atoms with Crippen LogP contribution in [-0.4, -0.2) is 26.0 Å². The molecule has 1 N–H and O–H groups in total. The number of nitrogens with zero attached hydrogens (tertiary/aromatic N) is 5. The first-order valence-electron chi connectivity index (χ1n) is 6.84.